The van der Waals surface area contributed by atoms with E-state index in [9.17, 15) is 22.8 Å². The van der Waals surface area contributed by atoms with Crippen LogP contribution in [0.4, 0.5) is 13.2 Å². The molecule has 1 atom stereocenters. The van der Waals surface area contributed by atoms with Crippen molar-refractivity contribution in [2.45, 2.75) is 25.4 Å². The molecular formula is C40H33F3O6. The van der Waals surface area contributed by atoms with E-state index in [4.69, 9.17) is 18.9 Å². The van der Waals surface area contributed by atoms with Crippen LogP contribution in [-0.2, 0) is 25.2 Å². The topological polar surface area (TPSA) is 71.1 Å². The van der Waals surface area contributed by atoms with E-state index in [-0.39, 0.29) is 37.6 Å². The third-order valence-corrected chi connectivity index (χ3v) is 7.18. The van der Waals surface area contributed by atoms with Crippen molar-refractivity contribution < 1.29 is 41.7 Å². The molecule has 4 rings (SSSR count). The van der Waals surface area contributed by atoms with Gasteiger partial charge in [-0.25, -0.2) is 9.59 Å². The first-order valence-electron chi connectivity index (χ1n) is 15.2. The Morgan fingerprint density at radius 3 is 1.73 bits per heavy atom. The summed E-state index contributed by atoms with van der Waals surface area (Å²) < 4.78 is 63.6. The minimum absolute atomic E-state index is 0.0687. The van der Waals surface area contributed by atoms with Gasteiger partial charge in [-0.15, -0.1) is 0 Å². The van der Waals surface area contributed by atoms with Crippen molar-refractivity contribution in [3.8, 4) is 35.2 Å². The van der Waals surface area contributed by atoms with Crippen LogP contribution in [0.15, 0.2) is 115 Å². The maximum absolute atomic E-state index is 14.3. The zero-order valence-corrected chi connectivity index (χ0v) is 26.8. The Hall–Kier alpha value is -5.93. The summed E-state index contributed by atoms with van der Waals surface area (Å²) >= 11 is 0. The number of rotatable bonds is 11. The first kappa shape index (κ1) is 35.9. The molecule has 49 heavy (non-hydrogen) atoms. The Bertz CT molecular complexity index is 1860. The van der Waals surface area contributed by atoms with E-state index in [0.717, 1.165) is 34.9 Å². The summed E-state index contributed by atoms with van der Waals surface area (Å²) in [5, 5.41) is 0. The van der Waals surface area contributed by atoms with Gasteiger partial charge in [0.2, 0.25) is 0 Å². The van der Waals surface area contributed by atoms with Gasteiger partial charge in [-0.1, -0.05) is 54.6 Å². The van der Waals surface area contributed by atoms with Crippen LogP contribution in [-0.4, -0.2) is 38.4 Å². The molecule has 0 saturated carbocycles. The highest BCUT2D eigenvalue weighted by molar-refractivity contribution is 5.81. The first-order chi connectivity index (χ1) is 23.5. The summed E-state index contributed by atoms with van der Waals surface area (Å²) in [6, 6.07) is 18.0. The fourth-order valence-corrected chi connectivity index (χ4v) is 4.76. The lowest BCUT2D eigenvalue weighted by atomic mass is 9.81. The molecule has 250 valence electrons. The van der Waals surface area contributed by atoms with E-state index in [1.165, 1.54) is 6.07 Å². The van der Waals surface area contributed by atoms with Gasteiger partial charge in [0.25, 0.3) is 0 Å². The Morgan fingerprint density at radius 1 is 0.755 bits per heavy atom. The molecular weight excluding hydrogens is 633 g/mol. The lowest BCUT2D eigenvalue weighted by Gasteiger charge is -2.24. The molecule has 0 amide bonds. The second kappa shape index (κ2) is 17.3. The van der Waals surface area contributed by atoms with Crippen LogP contribution in [0.1, 0.15) is 47.1 Å². The molecule has 0 bridgehead atoms. The molecule has 0 spiro atoms. The zero-order valence-electron chi connectivity index (χ0n) is 26.8. The van der Waals surface area contributed by atoms with Crippen LogP contribution in [0.25, 0.3) is 0 Å². The molecule has 3 aromatic carbocycles. The van der Waals surface area contributed by atoms with Crippen LogP contribution in [0.2, 0.25) is 0 Å². The largest absolute Gasteiger partial charge is 0.490 e. The monoisotopic (exact) mass is 666 g/mol. The predicted molar refractivity (Wildman–Crippen MR) is 180 cm³/mol. The standard InChI is InChI=1S/C40H33F3O6/c1-4-38(44)48-24-22-46-33-16-10-29(11-17-33)6-8-31-14-20-35(28(3)26-31)36-21-15-32(27-37(36)40(41,42)43)9-7-30-12-18-34(19-13-30)47-23-25-49-39(45)5-2/h4-5,10-19,21,26-27,35H,1-2,20,22-25H2,3H3. The lowest BCUT2D eigenvalue weighted by Crippen LogP contribution is -2.14. The van der Waals surface area contributed by atoms with Gasteiger partial charge in [0, 0.05) is 40.3 Å². The van der Waals surface area contributed by atoms with E-state index in [1.54, 1.807) is 54.6 Å². The molecule has 0 heterocycles. The predicted octanol–water partition coefficient (Wildman–Crippen LogP) is 7.73. The lowest BCUT2D eigenvalue weighted by molar-refractivity contribution is -0.139. The summed E-state index contributed by atoms with van der Waals surface area (Å²) in [7, 11) is 0. The van der Waals surface area contributed by atoms with Crippen LogP contribution in [0, 0.1) is 23.7 Å². The molecule has 0 aromatic heterocycles. The Morgan fingerprint density at radius 2 is 1.24 bits per heavy atom. The minimum atomic E-state index is -4.57. The number of allylic oxidation sites excluding steroid dienone is 4. The second-order valence-corrected chi connectivity index (χ2v) is 10.6. The fourth-order valence-electron chi connectivity index (χ4n) is 4.76. The zero-order chi connectivity index (χ0) is 35.2. The van der Waals surface area contributed by atoms with Gasteiger partial charge >= 0.3 is 18.1 Å². The number of benzene rings is 3. The Balaban J connectivity index is 1.39. The highest BCUT2D eigenvalue weighted by Gasteiger charge is 2.36. The van der Waals surface area contributed by atoms with Crippen LogP contribution in [0.3, 0.4) is 0 Å². The SMILES string of the molecule is C=CC(=O)OCCOc1ccc(C#CC2=CCC(c3ccc(C#Cc4ccc(OCCOC(=O)C=C)cc4)cc3C(F)(F)F)C(C)=C2)cc1. The first-order valence-corrected chi connectivity index (χ1v) is 15.2. The number of carbonyl (C=O) groups excluding carboxylic acids is 2. The minimum Gasteiger partial charge on any atom is -0.490 e. The number of halogens is 3. The average molecular weight is 667 g/mol. The van der Waals surface area contributed by atoms with Gasteiger partial charge in [-0.3, -0.25) is 0 Å². The third-order valence-electron chi connectivity index (χ3n) is 7.18. The average Bonchev–Trinajstić information content (AvgIpc) is 3.10. The molecule has 1 aliphatic rings. The highest BCUT2D eigenvalue weighted by Crippen LogP contribution is 2.41. The molecule has 0 fully saturated rings. The fraction of sp³-hybridized carbons (Fsp3) is 0.200. The van der Waals surface area contributed by atoms with Crippen molar-refractivity contribution in [3.05, 3.63) is 143 Å². The smallest absolute Gasteiger partial charge is 0.416 e. The molecule has 9 heteroatoms. The third kappa shape index (κ3) is 11.1. The van der Waals surface area contributed by atoms with Gasteiger partial charge in [-0.05, 0) is 85.6 Å². The number of alkyl halides is 3. The van der Waals surface area contributed by atoms with Crippen molar-refractivity contribution in [1.82, 2.24) is 0 Å². The molecule has 6 nitrogen and oxygen atoms in total. The van der Waals surface area contributed by atoms with Crippen LogP contribution in [0.5, 0.6) is 11.5 Å². The Kier molecular flexibility index (Phi) is 12.7. The molecule has 0 N–H and O–H groups in total. The van der Waals surface area contributed by atoms with Gasteiger partial charge in [-0.2, -0.15) is 13.2 Å². The van der Waals surface area contributed by atoms with Crippen molar-refractivity contribution >= 4 is 11.9 Å². The maximum atomic E-state index is 14.3. The van der Waals surface area contributed by atoms with E-state index in [2.05, 4.69) is 36.8 Å². The molecule has 0 radical (unpaired) electrons. The summed E-state index contributed by atoms with van der Waals surface area (Å²) in [6.07, 6.45) is 1.62. The van der Waals surface area contributed by atoms with Gasteiger partial charge in [0.1, 0.15) is 37.9 Å². The molecule has 0 aliphatic heterocycles. The number of esters is 2. The van der Waals surface area contributed by atoms with E-state index < -0.39 is 29.6 Å². The highest BCUT2D eigenvalue weighted by atomic mass is 19.4. The maximum Gasteiger partial charge on any atom is 0.416 e. The van der Waals surface area contributed by atoms with Crippen molar-refractivity contribution in [1.29, 1.82) is 0 Å². The number of hydrogen-bond acceptors (Lipinski definition) is 6. The van der Waals surface area contributed by atoms with Crippen LogP contribution >= 0.6 is 0 Å². The van der Waals surface area contributed by atoms with E-state index in [1.807, 2.05) is 19.1 Å². The number of ether oxygens (including phenoxy) is 4. The van der Waals surface area contributed by atoms with Crippen molar-refractivity contribution in [3.63, 3.8) is 0 Å². The second-order valence-electron chi connectivity index (χ2n) is 10.6. The van der Waals surface area contributed by atoms with Gasteiger partial charge in [0.05, 0.1) is 5.56 Å². The van der Waals surface area contributed by atoms with Crippen molar-refractivity contribution in [2.24, 2.45) is 0 Å². The molecule has 0 saturated heterocycles. The number of carbonyl (C=O) groups is 2. The number of hydrogen-bond donors (Lipinski definition) is 0. The molecule has 1 aliphatic carbocycles. The summed E-state index contributed by atoms with van der Waals surface area (Å²) in [5.74, 6) is 11.5. The van der Waals surface area contributed by atoms with E-state index in [0.29, 0.717) is 23.5 Å². The summed E-state index contributed by atoms with van der Waals surface area (Å²) in [5.41, 5.74) is 2.55. The Labute approximate surface area is 283 Å². The summed E-state index contributed by atoms with van der Waals surface area (Å²) in [4.78, 5) is 22.2. The van der Waals surface area contributed by atoms with Gasteiger partial charge < -0.3 is 18.9 Å². The van der Waals surface area contributed by atoms with E-state index >= 15 is 0 Å². The molecule has 1 unspecified atom stereocenters. The molecule has 3 aromatic rings. The summed E-state index contributed by atoms with van der Waals surface area (Å²) in [6.45, 7) is 8.98. The normalized spacial score (nSPS) is 13.6. The van der Waals surface area contributed by atoms with Gasteiger partial charge in [0.15, 0.2) is 0 Å². The van der Waals surface area contributed by atoms with Crippen molar-refractivity contribution in [2.75, 3.05) is 26.4 Å². The quantitative estimate of drug-likeness (QED) is 0.0903. The van der Waals surface area contributed by atoms with Crippen LogP contribution < -0.4 is 9.47 Å².